The summed E-state index contributed by atoms with van der Waals surface area (Å²) in [7, 11) is 0. The summed E-state index contributed by atoms with van der Waals surface area (Å²) in [6, 6.07) is 13.4. The predicted octanol–water partition coefficient (Wildman–Crippen LogP) is 6.15. The number of nitrogens with zero attached hydrogens (tertiary/aromatic N) is 2. The summed E-state index contributed by atoms with van der Waals surface area (Å²) < 4.78 is 11.7. The van der Waals surface area contributed by atoms with Crippen LogP contribution in [0.1, 0.15) is 57.0 Å². The molecule has 2 N–H and O–H groups in total. The van der Waals surface area contributed by atoms with E-state index >= 15 is 0 Å². The lowest BCUT2D eigenvalue weighted by molar-refractivity contribution is -0.120. The third-order valence-electron chi connectivity index (χ3n) is 7.19. The van der Waals surface area contributed by atoms with Crippen molar-refractivity contribution in [1.29, 1.82) is 0 Å². The summed E-state index contributed by atoms with van der Waals surface area (Å²) in [5.41, 5.74) is 10.2. The largest absolute Gasteiger partial charge is 0.464 e. The van der Waals surface area contributed by atoms with Crippen molar-refractivity contribution in [3.8, 4) is 0 Å². The van der Waals surface area contributed by atoms with Crippen LogP contribution in [0.15, 0.2) is 68.9 Å². The third kappa shape index (κ3) is 4.58. The Morgan fingerprint density at radius 2 is 1.95 bits per heavy atom. The lowest BCUT2D eigenvalue weighted by atomic mass is 9.93. The van der Waals surface area contributed by atoms with Crippen LogP contribution in [0, 0.1) is 20.8 Å². The van der Waals surface area contributed by atoms with Gasteiger partial charge in [-0.1, -0.05) is 12.1 Å². The second-order valence-corrected chi connectivity index (χ2v) is 10.0. The van der Waals surface area contributed by atoms with E-state index in [0.717, 1.165) is 50.5 Å². The van der Waals surface area contributed by atoms with Gasteiger partial charge in [0.25, 0.3) is 5.91 Å². The average molecular weight is 521 g/mol. The zero-order valence-electron chi connectivity index (χ0n) is 22.1. The Bertz CT molecular complexity index is 1790. The maximum absolute atomic E-state index is 13.3. The first kappa shape index (κ1) is 24.6. The minimum atomic E-state index is -0.334. The van der Waals surface area contributed by atoms with E-state index < -0.39 is 0 Å². The van der Waals surface area contributed by atoms with Crippen molar-refractivity contribution in [3.63, 3.8) is 0 Å². The van der Waals surface area contributed by atoms with Gasteiger partial charge in [0.05, 0.1) is 29.6 Å². The molecular formula is C31H28N4O4. The molecule has 39 heavy (non-hydrogen) atoms. The fourth-order valence-electron chi connectivity index (χ4n) is 5.49. The van der Waals surface area contributed by atoms with Gasteiger partial charge in [0.2, 0.25) is 5.91 Å². The maximum Gasteiger partial charge on any atom is 0.291 e. The zero-order valence-corrected chi connectivity index (χ0v) is 22.1. The molecule has 0 bridgehead atoms. The Morgan fingerprint density at radius 1 is 1.08 bits per heavy atom. The average Bonchev–Trinajstić information content (AvgIpc) is 3.48. The molecule has 0 saturated heterocycles. The summed E-state index contributed by atoms with van der Waals surface area (Å²) >= 11 is 0. The monoisotopic (exact) mass is 520 g/mol. The molecule has 3 aromatic heterocycles. The normalized spacial score (nSPS) is 14.1. The van der Waals surface area contributed by atoms with Crippen LogP contribution in [0.5, 0.6) is 0 Å². The van der Waals surface area contributed by atoms with Gasteiger partial charge in [0.15, 0.2) is 5.76 Å². The number of hydrogen-bond acceptors (Lipinski definition) is 6. The van der Waals surface area contributed by atoms with Crippen LogP contribution >= 0.6 is 0 Å². The summed E-state index contributed by atoms with van der Waals surface area (Å²) in [5, 5.41) is 9.25. The van der Waals surface area contributed by atoms with Gasteiger partial charge in [-0.3, -0.25) is 14.6 Å². The molecule has 2 aromatic carbocycles. The van der Waals surface area contributed by atoms with Crippen molar-refractivity contribution in [2.45, 2.75) is 46.5 Å². The van der Waals surface area contributed by atoms with E-state index in [1.165, 1.54) is 0 Å². The van der Waals surface area contributed by atoms with Crippen LogP contribution in [0.3, 0.4) is 0 Å². The predicted molar refractivity (Wildman–Crippen MR) is 150 cm³/mol. The molecule has 5 aromatic rings. The Kier molecular flexibility index (Phi) is 6.23. The summed E-state index contributed by atoms with van der Waals surface area (Å²) in [6.45, 7) is 5.89. The molecule has 0 spiro atoms. The van der Waals surface area contributed by atoms with Gasteiger partial charge < -0.3 is 14.2 Å². The Balaban J connectivity index is 1.22. The van der Waals surface area contributed by atoms with Gasteiger partial charge in [-0.25, -0.2) is 5.43 Å². The highest BCUT2D eigenvalue weighted by atomic mass is 16.4. The number of furan rings is 2. The van der Waals surface area contributed by atoms with Gasteiger partial charge in [0, 0.05) is 40.1 Å². The molecule has 0 atom stereocenters. The maximum atomic E-state index is 13.3. The first-order chi connectivity index (χ1) is 18.9. The molecule has 3 heterocycles. The van der Waals surface area contributed by atoms with E-state index in [1.807, 2.05) is 57.2 Å². The number of pyridine rings is 1. The number of hydrogen-bond donors (Lipinski definition) is 2. The van der Waals surface area contributed by atoms with Crippen LogP contribution in [0.25, 0.3) is 21.9 Å². The highest BCUT2D eigenvalue weighted by molar-refractivity contribution is 6.11. The van der Waals surface area contributed by atoms with Gasteiger partial charge in [-0.2, -0.15) is 5.10 Å². The van der Waals surface area contributed by atoms with Crippen LogP contribution in [-0.4, -0.2) is 22.5 Å². The molecule has 0 unspecified atom stereocenters. The Labute approximate surface area is 225 Å². The first-order valence-electron chi connectivity index (χ1n) is 13.0. The van der Waals surface area contributed by atoms with Gasteiger partial charge >= 0.3 is 0 Å². The number of benzene rings is 2. The highest BCUT2D eigenvalue weighted by Crippen LogP contribution is 2.31. The van der Waals surface area contributed by atoms with Crippen LogP contribution in [0.2, 0.25) is 0 Å². The number of fused-ring (bicyclic) bond motifs is 3. The van der Waals surface area contributed by atoms with Crippen LogP contribution in [0.4, 0.5) is 5.69 Å². The Morgan fingerprint density at radius 3 is 2.82 bits per heavy atom. The number of aromatic nitrogens is 1. The number of carbonyl (C=O) groups is 2. The molecule has 196 valence electrons. The molecule has 0 aliphatic heterocycles. The van der Waals surface area contributed by atoms with Crippen LogP contribution in [-0.2, 0) is 17.6 Å². The Hall–Kier alpha value is -4.72. The van der Waals surface area contributed by atoms with Crippen molar-refractivity contribution in [1.82, 2.24) is 10.4 Å². The van der Waals surface area contributed by atoms with E-state index in [1.54, 1.807) is 12.5 Å². The fraction of sp³-hybridized carbons (Fsp3) is 0.226. The number of hydrazone groups is 1. The molecule has 0 fully saturated rings. The van der Waals surface area contributed by atoms with E-state index in [4.69, 9.17) is 8.83 Å². The molecule has 0 saturated carbocycles. The number of carbonyl (C=O) groups excluding carboxylic acids is 2. The summed E-state index contributed by atoms with van der Waals surface area (Å²) in [4.78, 5) is 30.5. The molecule has 0 radical (unpaired) electrons. The van der Waals surface area contributed by atoms with Crippen molar-refractivity contribution in [3.05, 3.63) is 94.3 Å². The second-order valence-electron chi connectivity index (χ2n) is 10.0. The molecule has 1 aliphatic carbocycles. The molecular weight excluding hydrogens is 492 g/mol. The fourth-order valence-corrected chi connectivity index (χ4v) is 5.49. The van der Waals surface area contributed by atoms with Crippen molar-refractivity contribution in [2.24, 2.45) is 5.10 Å². The molecule has 1 aliphatic rings. The lowest BCUT2D eigenvalue weighted by Crippen LogP contribution is -2.23. The number of rotatable bonds is 5. The van der Waals surface area contributed by atoms with Crippen molar-refractivity contribution in [2.75, 3.05) is 5.32 Å². The zero-order chi connectivity index (χ0) is 27.1. The smallest absolute Gasteiger partial charge is 0.291 e. The van der Waals surface area contributed by atoms with Crippen molar-refractivity contribution < 1.29 is 18.4 Å². The minimum Gasteiger partial charge on any atom is -0.464 e. The van der Waals surface area contributed by atoms with E-state index in [-0.39, 0.29) is 24.0 Å². The summed E-state index contributed by atoms with van der Waals surface area (Å²) in [6.07, 6.45) is 5.70. The first-order valence-corrected chi connectivity index (χ1v) is 13.0. The number of amides is 2. The van der Waals surface area contributed by atoms with Gasteiger partial charge in [-0.15, -0.1) is 0 Å². The SMILES string of the molecule is Cc1cc(C)c2c(CC(=O)N/N=C3\CCCc4oc(C(=O)Nc5cccc6ncccc56)c(C)c43)coc2c1. The lowest BCUT2D eigenvalue weighted by Gasteiger charge is -2.13. The number of aryl methyl sites for hydroxylation is 3. The highest BCUT2D eigenvalue weighted by Gasteiger charge is 2.28. The van der Waals surface area contributed by atoms with E-state index in [0.29, 0.717) is 35.6 Å². The minimum absolute atomic E-state index is 0.151. The van der Waals surface area contributed by atoms with Gasteiger partial charge in [0.1, 0.15) is 11.3 Å². The third-order valence-corrected chi connectivity index (χ3v) is 7.19. The summed E-state index contributed by atoms with van der Waals surface area (Å²) in [5.74, 6) is 0.390. The molecule has 8 heteroatoms. The van der Waals surface area contributed by atoms with Crippen molar-refractivity contribution >= 4 is 45.1 Å². The number of anilines is 1. The van der Waals surface area contributed by atoms with E-state index in [9.17, 15) is 9.59 Å². The number of nitrogens with one attached hydrogen (secondary N) is 2. The molecule has 6 rings (SSSR count). The van der Waals surface area contributed by atoms with Gasteiger partial charge in [-0.05, 0) is 75.1 Å². The molecule has 8 nitrogen and oxygen atoms in total. The quantitative estimate of drug-likeness (QED) is 0.270. The van der Waals surface area contributed by atoms with Crippen LogP contribution < -0.4 is 10.7 Å². The standard InChI is InChI=1S/C31H28N4O4/c1-17-13-18(2)28-20(16-38-26(28)14-17)15-27(36)35-34-24-10-5-11-25-29(24)19(3)30(39-25)31(37)33-23-9-4-8-22-21(23)7-6-12-32-22/h4,6-9,12-14,16H,5,10-11,15H2,1-3H3,(H,33,37)(H,35,36)/b34-24+. The van der Waals surface area contributed by atoms with E-state index in [2.05, 4.69) is 26.9 Å². The topological polar surface area (TPSA) is 110 Å². The molecule has 2 amide bonds. The second kappa shape index (κ2) is 9.87.